The minimum absolute atomic E-state index is 0.0456. The molecule has 0 radical (unpaired) electrons. The van der Waals surface area contributed by atoms with Crippen LogP contribution in [0.1, 0.15) is 24.0 Å². The summed E-state index contributed by atoms with van der Waals surface area (Å²) in [5, 5.41) is 5.06. The van der Waals surface area contributed by atoms with E-state index in [-0.39, 0.29) is 17.4 Å². The highest BCUT2D eigenvalue weighted by Crippen LogP contribution is 2.32. The van der Waals surface area contributed by atoms with Gasteiger partial charge in [-0.3, -0.25) is 14.6 Å². The number of H-pyrrole nitrogens is 1. The van der Waals surface area contributed by atoms with Gasteiger partial charge >= 0.3 is 0 Å². The average Bonchev–Trinajstić information content (AvgIpc) is 3.29. The molecule has 5 rings (SSSR count). The Kier molecular flexibility index (Phi) is 5.96. The zero-order chi connectivity index (χ0) is 22.8. The number of hydrogen-bond donors (Lipinski definition) is 2. The van der Waals surface area contributed by atoms with E-state index in [0.717, 1.165) is 41.6 Å². The Bertz CT molecular complexity index is 1330. The molecule has 1 fully saturated rings. The van der Waals surface area contributed by atoms with Crippen LogP contribution in [0, 0.1) is 12.8 Å². The van der Waals surface area contributed by atoms with Gasteiger partial charge in [-0.05, 0) is 30.9 Å². The second-order valence-corrected chi connectivity index (χ2v) is 9.45. The zero-order valence-corrected chi connectivity index (χ0v) is 19.3. The molecule has 3 heterocycles. The molecule has 1 atom stereocenters. The van der Waals surface area contributed by atoms with Gasteiger partial charge in [-0.1, -0.05) is 60.2 Å². The molecular formula is C26H26N4O2S. The van der Waals surface area contributed by atoms with Crippen LogP contribution in [0.4, 0.5) is 5.95 Å². The number of hydrogen-bond acceptors (Lipinski definition) is 5. The number of carbonyl (C=O) groups is 1. The van der Waals surface area contributed by atoms with Crippen LogP contribution < -0.4 is 15.8 Å². The maximum Gasteiger partial charge on any atom is 0.270 e. The number of aryl methyl sites for hydroxylation is 1. The number of aromatic amines is 1. The van der Waals surface area contributed by atoms with Crippen molar-refractivity contribution in [3.05, 3.63) is 81.5 Å². The summed E-state index contributed by atoms with van der Waals surface area (Å²) in [6, 6.07) is 18.2. The highest BCUT2D eigenvalue weighted by molar-refractivity contribution is 7.17. The number of nitrogens with zero attached hydrogens (tertiary/aromatic N) is 2. The van der Waals surface area contributed by atoms with Crippen molar-refractivity contribution in [3.63, 3.8) is 0 Å². The topological polar surface area (TPSA) is 78.1 Å². The van der Waals surface area contributed by atoms with Crippen molar-refractivity contribution in [3.8, 4) is 11.1 Å². The number of rotatable bonds is 5. The van der Waals surface area contributed by atoms with Gasteiger partial charge in [0.15, 0.2) is 0 Å². The minimum atomic E-state index is -0.138. The molecule has 4 aromatic rings. The third kappa shape index (κ3) is 4.54. The largest absolute Gasteiger partial charge is 0.352 e. The van der Waals surface area contributed by atoms with E-state index in [4.69, 9.17) is 4.98 Å². The van der Waals surface area contributed by atoms with Crippen molar-refractivity contribution >= 4 is 33.4 Å². The number of nitrogens with one attached hydrogen (secondary N) is 2. The van der Waals surface area contributed by atoms with Gasteiger partial charge in [0, 0.05) is 30.6 Å². The Morgan fingerprint density at radius 1 is 1.18 bits per heavy atom. The van der Waals surface area contributed by atoms with Crippen molar-refractivity contribution in [2.24, 2.45) is 5.92 Å². The zero-order valence-electron chi connectivity index (χ0n) is 18.5. The first-order valence-corrected chi connectivity index (χ1v) is 12.1. The smallest absolute Gasteiger partial charge is 0.270 e. The Morgan fingerprint density at radius 2 is 1.97 bits per heavy atom. The predicted molar refractivity (Wildman–Crippen MR) is 134 cm³/mol. The molecular weight excluding hydrogens is 432 g/mol. The summed E-state index contributed by atoms with van der Waals surface area (Å²) in [6.45, 7) is 3.87. The molecule has 1 amide bonds. The summed E-state index contributed by atoms with van der Waals surface area (Å²) in [5.41, 5.74) is 4.88. The lowest BCUT2D eigenvalue weighted by Crippen LogP contribution is -2.44. The van der Waals surface area contributed by atoms with Crippen LogP contribution in [0.15, 0.2) is 64.8 Å². The van der Waals surface area contributed by atoms with Crippen molar-refractivity contribution in [2.45, 2.75) is 26.3 Å². The standard InChI is InChI=1S/C26H26N4O2S/c1-17-9-11-18(12-10-17)14-27-24(31)20-8-5-13-30(15-20)26-28-22-21(19-6-3-2-4-7-19)16-33-23(22)25(32)29-26/h2-4,6-7,9-12,16,20H,5,8,13-15H2,1H3,(H,27,31)(H,28,29,32)/t20-/m0/s1. The van der Waals surface area contributed by atoms with E-state index in [9.17, 15) is 9.59 Å². The Balaban J connectivity index is 1.34. The summed E-state index contributed by atoms with van der Waals surface area (Å²) in [5.74, 6) is 0.449. The second kappa shape index (κ2) is 9.19. The molecule has 2 aromatic heterocycles. The molecule has 33 heavy (non-hydrogen) atoms. The summed E-state index contributed by atoms with van der Waals surface area (Å²) in [4.78, 5) is 35.5. The molecule has 1 aliphatic rings. The number of piperidine rings is 1. The van der Waals surface area contributed by atoms with Crippen LogP contribution in [0.3, 0.4) is 0 Å². The van der Waals surface area contributed by atoms with E-state index < -0.39 is 0 Å². The van der Waals surface area contributed by atoms with E-state index in [1.54, 1.807) is 0 Å². The van der Waals surface area contributed by atoms with E-state index in [1.807, 2.05) is 59.7 Å². The molecule has 0 saturated carbocycles. The Hall–Kier alpha value is -3.45. The summed E-state index contributed by atoms with van der Waals surface area (Å²) < 4.78 is 0.627. The monoisotopic (exact) mass is 458 g/mol. The molecule has 0 unspecified atom stereocenters. The summed E-state index contributed by atoms with van der Waals surface area (Å²) >= 11 is 1.41. The molecule has 0 bridgehead atoms. The molecule has 7 heteroatoms. The lowest BCUT2D eigenvalue weighted by atomic mass is 9.97. The normalized spacial score (nSPS) is 16.2. The van der Waals surface area contributed by atoms with Crippen molar-refractivity contribution < 1.29 is 4.79 Å². The molecule has 1 aliphatic heterocycles. The quantitative estimate of drug-likeness (QED) is 0.462. The van der Waals surface area contributed by atoms with Crippen LogP contribution in [0.2, 0.25) is 0 Å². The van der Waals surface area contributed by atoms with Crippen LogP contribution in [0.5, 0.6) is 0 Å². The number of amides is 1. The van der Waals surface area contributed by atoms with Gasteiger partial charge in [-0.15, -0.1) is 11.3 Å². The number of thiophene rings is 1. The molecule has 6 nitrogen and oxygen atoms in total. The van der Waals surface area contributed by atoms with Crippen LogP contribution in [0.25, 0.3) is 21.3 Å². The third-order valence-corrected chi connectivity index (χ3v) is 7.15. The SMILES string of the molecule is Cc1ccc(CNC(=O)[C@H]2CCCN(c3nc4c(-c5ccccc5)csc4c(=O)[nH]3)C2)cc1. The number of aromatic nitrogens is 2. The number of benzene rings is 2. The van der Waals surface area contributed by atoms with Gasteiger partial charge in [0.1, 0.15) is 4.70 Å². The van der Waals surface area contributed by atoms with Gasteiger partial charge in [0.25, 0.3) is 5.56 Å². The van der Waals surface area contributed by atoms with Crippen LogP contribution in [-0.4, -0.2) is 29.0 Å². The van der Waals surface area contributed by atoms with E-state index >= 15 is 0 Å². The molecule has 1 saturated heterocycles. The highest BCUT2D eigenvalue weighted by Gasteiger charge is 2.27. The first-order valence-electron chi connectivity index (χ1n) is 11.2. The van der Waals surface area contributed by atoms with Crippen molar-refractivity contribution in [1.29, 1.82) is 0 Å². The molecule has 2 N–H and O–H groups in total. The molecule has 2 aromatic carbocycles. The summed E-state index contributed by atoms with van der Waals surface area (Å²) in [6.07, 6.45) is 1.70. The first-order chi connectivity index (χ1) is 16.1. The molecule has 0 spiro atoms. The number of anilines is 1. The van der Waals surface area contributed by atoms with Crippen molar-refractivity contribution in [1.82, 2.24) is 15.3 Å². The molecule has 168 valence electrons. The van der Waals surface area contributed by atoms with Gasteiger partial charge in [0.05, 0.1) is 11.4 Å². The summed E-state index contributed by atoms with van der Waals surface area (Å²) in [7, 11) is 0. The third-order valence-electron chi connectivity index (χ3n) is 6.18. The Labute approximate surface area is 196 Å². The predicted octanol–water partition coefficient (Wildman–Crippen LogP) is 4.49. The van der Waals surface area contributed by atoms with Crippen LogP contribution >= 0.6 is 11.3 Å². The number of carbonyl (C=O) groups excluding carboxylic acids is 1. The highest BCUT2D eigenvalue weighted by atomic mass is 32.1. The maximum atomic E-state index is 12.9. The number of fused-ring (bicyclic) bond motifs is 1. The van der Waals surface area contributed by atoms with Crippen LogP contribution in [-0.2, 0) is 11.3 Å². The minimum Gasteiger partial charge on any atom is -0.352 e. The van der Waals surface area contributed by atoms with Gasteiger partial charge in [-0.2, -0.15) is 0 Å². The fourth-order valence-electron chi connectivity index (χ4n) is 4.31. The fraction of sp³-hybridized carbons (Fsp3) is 0.269. The maximum absolute atomic E-state index is 12.9. The lowest BCUT2D eigenvalue weighted by molar-refractivity contribution is -0.125. The van der Waals surface area contributed by atoms with Gasteiger partial charge in [-0.25, -0.2) is 4.98 Å². The van der Waals surface area contributed by atoms with E-state index in [2.05, 4.69) is 22.4 Å². The average molecular weight is 459 g/mol. The first kappa shape index (κ1) is 21.4. The van der Waals surface area contributed by atoms with E-state index in [1.165, 1.54) is 16.9 Å². The van der Waals surface area contributed by atoms with Gasteiger partial charge < -0.3 is 10.2 Å². The lowest BCUT2D eigenvalue weighted by Gasteiger charge is -2.32. The Morgan fingerprint density at radius 3 is 2.76 bits per heavy atom. The molecule has 0 aliphatic carbocycles. The second-order valence-electron chi connectivity index (χ2n) is 8.57. The fourth-order valence-corrected chi connectivity index (χ4v) is 5.22. The van der Waals surface area contributed by atoms with Gasteiger partial charge in [0.2, 0.25) is 11.9 Å². The van der Waals surface area contributed by atoms with E-state index in [0.29, 0.717) is 23.7 Å². The van der Waals surface area contributed by atoms with Crippen molar-refractivity contribution in [2.75, 3.05) is 18.0 Å².